The fourth-order valence-electron chi connectivity index (χ4n) is 0.410. The van der Waals surface area contributed by atoms with E-state index in [1.165, 1.54) is 0 Å². The summed E-state index contributed by atoms with van der Waals surface area (Å²) in [5, 5.41) is -0.163. The maximum Gasteiger partial charge on any atom is 0.508 e. The van der Waals surface area contributed by atoms with Gasteiger partial charge in [-0.1, -0.05) is 6.92 Å². The third-order valence-electron chi connectivity index (χ3n) is 0.855. The van der Waals surface area contributed by atoms with Crippen molar-refractivity contribution in [3.8, 4) is 0 Å². The lowest BCUT2D eigenvalue weighted by atomic mass is 10.5. The average Bonchev–Trinajstić information content (AvgIpc) is 1.97. The number of halogens is 1. The Bertz CT molecular complexity index is 114. The number of ether oxygens (including phenoxy) is 2. The smallest absolute Gasteiger partial charge is 0.434 e. The third kappa shape index (κ3) is 7.46. The fraction of sp³-hybridized carbons (Fsp3) is 0.857. The summed E-state index contributed by atoms with van der Waals surface area (Å²) in [5.41, 5.74) is 0. The van der Waals surface area contributed by atoms with Crippen molar-refractivity contribution in [3.63, 3.8) is 0 Å². The summed E-state index contributed by atoms with van der Waals surface area (Å²) in [6, 6.07) is 0. The van der Waals surface area contributed by atoms with Crippen molar-refractivity contribution in [3.05, 3.63) is 0 Å². The molecular formula is C7H13ClO3. The van der Waals surface area contributed by atoms with Crippen molar-refractivity contribution in [2.75, 3.05) is 13.2 Å². The number of carbonyl (C=O) groups excluding carboxylic acids is 1. The van der Waals surface area contributed by atoms with E-state index in [9.17, 15) is 4.79 Å². The Hall–Kier alpha value is -0.440. The molecule has 0 amide bonds. The monoisotopic (exact) mass is 180 g/mol. The maximum atomic E-state index is 10.6. The molecule has 0 N–H and O–H groups in total. The second kappa shape index (κ2) is 6.28. The van der Waals surface area contributed by atoms with E-state index in [2.05, 4.69) is 9.47 Å². The summed E-state index contributed by atoms with van der Waals surface area (Å²) < 4.78 is 9.23. The fourth-order valence-corrected chi connectivity index (χ4v) is 0.473. The van der Waals surface area contributed by atoms with E-state index in [0.29, 0.717) is 6.61 Å². The zero-order valence-corrected chi connectivity index (χ0v) is 7.56. The summed E-state index contributed by atoms with van der Waals surface area (Å²) >= 11 is 5.52. The van der Waals surface area contributed by atoms with Crippen LogP contribution < -0.4 is 0 Å². The molecule has 0 aliphatic rings. The van der Waals surface area contributed by atoms with Gasteiger partial charge in [-0.3, -0.25) is 0 Å². The highest BCUT2D eigenvalue weighted by atomic mass is 35.5. The predicted octanol–water partition coefficient (Wildman–Crippen LogP) is 2.18. The van der Waals surface area contributed by atoms with E-state index < -0.39 is 6.16 Å². The summed E-state index contributed by atoms with van der Waals surface area (Å²) in [6.45, 7) is 4.26. The maximum absolute atomic E-state index is 10.6. The number of rotatable bonds is 4. The van der Waals surface area contributed by atoms with E-state index in [-0.39, 0.29) is 12.0 Å². The van der Waals surface area contributed by atoms with E-state index >= 15 is 0 Å². The molecule has 0 aliphatic heterocycles. The van der Waals surface area contributed by atoms with Gasteiger partial charge < -0.3 is 9.47 Å². The predicted molar refractivity (Wildman–Crippen MR) is 42.9 cm³/mol. The molecule has 0 aromatic rings. The number of alkyl halides is 1. The van der Waals surface area contributed by atoms with Gasteiger partial charge in [0.05, 0.1) is 12.0 Å². The first-order chi connectivity index (χ1) is 5.16. The Morgan fingerprint density at radius 2 is 2.18 bits per heavy atom. The van der Waals surface area contributed by atoms with Crippen LogP contribution in [0.2, 0.25) is 0 Å². The van der Waals surface area contributed by atoms with E-state index in [4.69, 9.17) is 11.6 Å². The lowest BCUT2D eigenvalue weighted by Gasteiger charge is -2.05. The zero-order chi connectivity index (χ0) is 8.69. The van der Waals surface area contributed by atoms with E-state index in [1.807, 2.05) is 6.92 Å². The van der Waals surface area contributed by atoms with Crippen LogP contribution in [-0.4, -0.2) is 24.7 Å². The van der Waals surface area contributed by atoms with Crippen LogP contribution in [0.25, 0.3) is 0 Å². The van der Waals surface area contributed by atoms with Gasteiger partial charge >= 0.3 is 6.16 Å². The highest BCUT2D eigenvalue weighted by molar-refractivity contribution is 6.20. The molecule has 0 heterocycles. The molecule has 0 saturated heterocycles. The summed E-state index contributed by atoms with van der Waals surface area (Å²) in [4.78, 5) is 10.6. The van der Waals surface area contributed by atoms with E-state index in [0.717, 1.165) is 6.42 Å². The van der Waals surface area contributed by atoms with Gasteiger partial charge in [-0.2, -0.15) is 0 Å². The SMILES string of the molecule is CCCOC(=O)OCC(C)Cl. The minimum Gasteiger partial charge on any atom is -0.434 e. The van der Waals surface area contributed by atoms with Crippen molar-refractivity contribution in [1.82, 2.24) is 0 Å². The Morgan fingerprint density at radius 1 is 1.55 bits per heavy atom. The van der Waals surface area contributed by atoms with Gasteiger partial charge in [-0.05, 0) is 13.3 Å². The molecule has 0 radical (unpaired) electrons. The Labute approximate surface area is 71.6 Å². The Balaban J connectivity index is 3.23. The zero-order valence-electron chi connectivity index (χ0n) is 6.80. The molecule has 66 valence electrons. The molecule has 0 fully saturated rings. The first kappa shape index (κ1) is 10.6. The van der Waals surface area contributed by atoms with Crippen molar-refractivity contribution in [2.45, 2.75) is 25.6 Å². The minimum absolute atomic E-state index is 0.163. The molecule has 11 heavy (non-hydrogen) atoms. The summed E-state index contributed by atoms with van der Waals surface area (Å²) in [6.07, 6.45) is 0.158. The first-order valence-corrected chi connectivity index (χ1v) is 4.04. The van der Waals surface area contributed by atoms with Crippen molar-refractivity contribution >= 4 is 17.8 Å². The van der Waals surface area contributed by atoms with Crippen LogP contribution in [0.3, 0.4) is 0 Å². The average molecular weight is 181 g/mol. The molecule has 1 atom stereocenters. The second-order valence-electron chi connectivity index (χ2n) is 2.19. The van der Waals surface area contributed by atoms with Crippen LogP contribution >= 0.6 is 11.6 Å². The van der Waals surface area contributed by atoms with Crippen LogP contribution in [0, 0.1) is 0 Å². The van der Waals surface area contributed by atoms with Crippen LogP contribution in [0.15, 0.2) is 0 Å². The van der Waals surface area contributed by atoms with Crippen LogP contribution in [0.4, 0.5) is 4.79 Å². The molecule has 1 unspecified atom stereocenters. The molecule has 0 saturated carbocycles. The van der Waals surface area contributed by atoms with Gasteiger partial charge in [-0.15, -0.1) is 11.6 Å². The van der Waals surface area contributed by atoms with Crippen molar-refractivity contribution < 1.29 is 14.3 Å². The molecular weight excluding hydrogens is 168 g/mol. The van der Waals surface area contributed by atoms with Gasteiger partial charge in [0, 0.05) is 0 Å². The van der Waals surface area contributed by atoms with Gasteiger partial charge in [-0.25, -0.2) is 4.79 Å². The first-order valence-electron chi connectivity index (χ1n) is 3.60. The lowest BCUT2D eigenvalue weighted by Crippen LogP contribution is -2.13. The Morgan fingerprint density at radius 3 is 2.64 bits per heavy atom. The largest absolute Gasteiger partial charge is 0.508 e. The third-order valence-corrected chi connectivity index (χ3v) is 0.981. The summed E-state index contributed by atoms with van der Waals surface area (Å²) in [5.74, 6) is 0. The quantitative estimate of drug-likeness (QED) is 0.492. The number of hydrogen-bond acceptors (Lipinski definition) is 3. The van der Waals surface area contributed by atoms with Gasteiger partial charge in [0.2, 0.25) is 0 Å². The minimum atomic E-state index is -0.639. The molecule has 0 bridgehead atoms. The van der Waals surface area contributed by atoms with Crippen LogP contribution in [0.5, 0.6) is 0 Å². The molecule has 0 aromatic heterocycles. The molecule has 3 nitrogen and oxygen atoms in total. The molecule has 0 spiro atoms. The number of carbonyl (C=O) groups is 1. The molecule has 0 aliphatic carbocycles. The normalized spacial score (nSPS) is 12.3. The van der Waals surface area contributed by atoms with Crippen molar-refractivity contribution in [2.24, 2.45) is 0 Å². The highest BCUT2D eigenvalue weighted by Crippen LogP contribution is 1.95. The lowest BCUT2D eigenvalue weighted by molar-refractivity contribution is 0.0560. The Kier molecular flexibility index (Phi) is 6.03. The van der Waals surface area contributed by atoms with E-state index in [1.54, 1.807) is 6.92 Å². The van der Waals surface area contributed by atoms with Gasteiger partial charge in [0.25, 0.3) is 0 Å². The van der Waals surface area contributed by atoms with Crippen LogP contribution in [-0.2, 0) is 9.47 Å². The topological polar surface area (TPSA) is 35.5 Å². The van der Waals surface area contributed by atoms with Gasteiger partial charge in [0.15, 0.2) is 0 Å². The standard InChI is InChI=1S/C7H13ClO3/c1-3-4-10-7(9)11-5-6(2)8/h6H,3-5H2,1-2H3. The molecule has 0 aromatic carbocycles. The van der Waals surface area contributed by atoms with Gasteiger partial charge in [0.1, 0.15) is 6.61 Å². The van der Waals surface area contributed by atoms with Crippen molar-refractivity contribution in [1.29, 1.82) is 0 Å². The summed E-state index contributed by atoms with van der Waals surface area (Å²) in [7, 11) is 0. The molecule has 0 rings (SSSR count). The molecule has 4 heteroatoms. The van der Waals surface area contributed by atoms with Crippen LogP contribution in [0.1, 0.15) is 20.3 Å². The second-order valence-corrected chi connectivity index (χ2v) is 2.94. The highest BCUT2D eigenvalue weighted by Gasteiger charge is 2.04. The number of hydrogen-bond donors (Lipinski definition) is 0.